The van der Waals surface area contributed by atoms with Crippen molar-refractivity contribution in [1.29, 1.82) is 5.26 Å². The molecule has 2 N–H and O–H groups in total. The topological polar surface area (TPSA) is 103 Å². The lowest BCUT2D eigenvalue weighted by molar-refractivity contribution is 0.125. The maximum atomic E-state index is 12.1. The summed E-state index contributed by atoms with van der Waals surface area (Å²) in [5.74, 6) is 0. The van der Waals surface area contributed by atoms with Gasteiger partial charge in [0.1, 0.15) is 11.0 Å². The van der Waals surface area contributed by atoms with E-state index < -0.39 is 16.1 Å². The van der Waals surface area contributed by atoms with Crippen LogP contribution in [0.1, 0.15) is 32.9 Å². The third kappa shape index (κ3) is 4.89. The van der Waals surface area contributed by atoms with Crippen LogP contribution in [0, 0.1) is 16.7 Å². The fraction of sp³-hybridized carbons (Fsp3) is 0.538. The standard InChI is InChI=1S/C13H19N3O3S/c1-13(2,3)7-10(17)9-16-20(18,19)12-5-4-6-15-11(12)8-14/h4-6,10,16-17H,7,9H2,1-3H3. The average Bonchev–Trinajstić information content (AvgIpc) is 2.34. The lowest BCUT2D eigenvalue weighted by Crippen LogP contribution is -2.34. The zero-order valence-corrected chi connectivity index (χ0v) is 12.6. The fourth-order valence-corrected chi connectivity index (χ4v) is 2.93. The van der Waals surface area contributed by atoms with E-state index in [1.807, 2.05) is 20.8 Å². The van der Waals surface area contributed by atoms with Crippen molar-refractivity contribution >= 4 is 10.0 Å². The van der Waals surface area contributed by atoms with E-state index in [1.165, 1.54) is 18.3 Å². The molecule has 0 saturated carbocycles. The molecule has 1 unspecified atom stereocenters. The molecule has 0 radical (unpaired) electrons. The quantitative estimate of drug-likeness (QED) is 0.845. The molecule has 0 saturated heterocycles. The van der Waals surface area contributed by atoms with Crippen LogP contribution in [0.4, 0.5) is 0 Å². The smallest absolute Gasteiger partial charge is 0.243 e. The Balaban J connectivity index is 2.79. The first kappa shape index (κ1) is 16.6. The van der Waals surface area contributed by atoms with E-state index in [2.05, 4.69) is 9.71 Å². The summed E-state index contributed by atoms with van der Waals surface area (Å²) < 4.78 is 26.4. The Morgan fingerprint density at radius 2 is 2.15 bits per heavy atom. The Kier molecular flexibility index (Phi) is 5.22. The average molecular weight is 297 g/mol. The van der Waals surface area contributed by atoms with Crippen LogP contribution in [-0.2, 0) is 10.0 Å². The van der Waals surface area contributed by atoms with Crippen LogP contribution >= 0.6 is 0 Å². The largest absolute Gasteiger partial charge is 0.392 e. The van der Waals surface area contributed by atoms with Crippen LogP contribution in [0.5, 0.6) is 0 Å². The maximum absolute atomic E-state index is 12.1. The number of pyridine rings is 1. The van der Waals surface area contributed by atoms with E-state index in [4.69, 9.17) is 5.26 Å². The molecule has 0 aromatic carbocycles. The van der Waals surface area contributed by atoms with Gasteiger partial charge in [-0.25, -0.2) is 18.1 Å². The molecule has 0 fully saturated rings. The number of aromatic nitrogens is 1. The van der Waals surface area contributed by atoms with Gasteiger partial charge in [-0.1, -0.05) is 20.8 Å². The molecule has 0 aliphatic carbocycles. The number of nitrogens with one attached hydrogen (secondary N) is 1. The molecule has 110 valence electrons. The van der Waals surface area contributed by atoms with Gasteiger partial charge in [0.15, 0.2) is 5.69 Å². The van der Waals surface area contributed by atoms with Crippen LogP contribution in [0.15, 0.2) is 23.2 Å². The predicted molar refractivity (Wildman–Crippen MR) is 74.2 cm³/mol. The lowest BCUT2D eigenvalue weighted by Gasteiger charge is -2.22. The van der Waals surface area contributed by atoms with Gasteiger partial charge in [-0.2, -0.15) is 5.26 Å². The number of hydrogen-bond donors (Lipinski definition) is 2. The van der Waals surface area contributed by atoms with Crippen LogP contribution in [0.25, 0.3) is 0 Å². The van der Waals surface area contributed by atoms with Crippen molar-refractivity contribution in [2.45, 2.75) is 38.2 Å². The van der Waals surface area contributed by atoms with Gasteiger partial charge in [-0.05, 0) is 24.0 Å². The Morgan fingerprint density at radius 3 is 2.70 bits per heavy atom. The Hall–Kier alpha value is -1.49. The number of hydrogen-bond acceptors (Lipinski definition) is 5. The monoisotopic (exact) mass is 297 g/mol. The summed E-state index contributed by atoms with van der Waals surface area (Å²) >= 11 is 0. The number of rotatable bonds is 5. The number of nitriles is 1. The van der Waals surface area contributed by atoms with Crippen molar-refractivity contribution in [2.24, 2.45) is 5.41 Å². The van der Waals surface area contributed by atoms with E-state index >= 15 is 0 Å². The van der Waals surface area contributed by atoms with Crippen molar-refractivity contribution in [1.82, 2.24) is 9.71 Å². The molecule has 6 nitrogen and oxygen atoms in total. The lowest BCUT2D eigenvalue weighted by atomic mass is 9.89. The molecule has 1 heterocycles. The van der Waals surface area contributed by atoms with Crippen LogP contribution < -0.4 is 4.72 Å². The SMILES string of the molecule is CC(C)(C)CC(O)CNS(=O)(=O)c1cccnc1C#N. The molecular formula is C13H19N3O3S. The van der Waals surface area contributed by atoms with Crippen LogP contribution in [0.3, 0.4) is 0 Å². The maximum Gasteiger partial charge on any atom is 0.243 e. The summed E-state index contributed by atoms with van der Waals surface area (Å²) in [5, 5.41) is 18.7. The summed E-state index contributed by atoms with van der Waals surface area (Å²) in [6.45, 7) is 5.78. The van der Waals surface area contributed by atoms with Gasteiger partial charge in [0, 0.05) is 12.7 Å². The summed E-state index contributed by atoms with van der Waals surface area (Å²) in [5.41, 5.74) is -0.262. The van der Waals surface area contributed by atoms with Gasteiger partial charge in [-0.3, -0.25) is 0 Å². The highest BCUT2D eigenvalue weighted by Crippen LogP contribution is 2.20. The third-order valence-corrected chi connectivity index (χ3v) is 3.98. The molecule has 0 spiro atoms. The minimum Gasteiger partial charge on any atom is -0.392 e. The highest BCUT2D eigenvalue weighted by Gasteiger charge is 2.22. The van der Waals surface area contributed by atoms with Gasteiger partial charge in [0.05, 0.1) is 6.10 Å². The first-order valence-corrected chi connectivity index (χ1v) is 7.67. The molecule has 0 aliphatic rings. The van der Waals surface area contributed by atoms with Crippen LogP contribution in [0.2, 0.25) is 0 Å². The van der Waals surface area contributed by atoms with E-state index in [0.717, 1.165) is 0 Å². The van der Waals surface area contributed by atoms with Crippen molar-refractivity contribution in [3.05, 3.63) is 24.0 Å². The highest BCUT2D eigenvalue weighted by atomic mass is 32.2. The van der Waals surface area contributed by atoms with Gasteiger partial charge >= 0.3 is 0 Å². The van der Waals surface area contributed by atoms with Gasteiger partial charge < -0.3 is 5.11 Å². The molecule has 1 rings (SSSR count). The number of aliphatic hydroxyl groups excluding tert-OH is 1. The minimum absolute atomic E-state index is 0.0979. The second-order valence-electron chi connectivity index (χ2n) is 5.73. The van der Waals surface area contributed by atoms with Crippen LogP contribution in [-0.4, -0.2) is 31.2 Å². The van der Waals surface area contributed by atoms with Crippen molar-refractivity contribution in [3.63, 3.8) is 0 Å². The molecule has 1 aromatic rings. The van der Waals surface area contributed by atoms with E-state index in [0.29, 0.717) is 6.42 Å². The first-order valence-electron chi connectivity index (χ1n) is 6.18. The summed E-state index contributed by atoms with van der Waals surface area (Å²) in [4.78, 5) is 3.53. The fourth-order valence-electron chi connectivity index (χ4n) is 1.75. The van der Waals surface area contributed by atoms with Crippen molar-refractivity contribution in [2.75, 3.05) is 6.54 Å². The highest BCUT2D eigenvalue weighted by molar-refractivity contribution is 7.89. The number of sulfonamides is 1. The Morgan fingerprint density at radius 1 is 1.50 bits per heavy atom. The number of aliphatic hydroxyl groups is 1. The summed E-state index contributed by atoms with van der Waals surface area (Å²) in [6, 6.07) is 4.49. The molecular weight excluding hydrogens is 278 g/mol. The molecule has 7 heteroatoms. The number of nitrogens with zero attached hydrogens (tertiary/aromatic N) is 2. The minimum atomic E-state index is -3.85. The van der Waals surface area contributed by atoms with Gasteiger partial charge in [0.25, 0.3) is 0 Å². The van der Waals surface area contributed by atoms with Gasteiger partial charge in [0.2, 0.25) is 10.0 Å². The van der Waals surface area contributed by atoms with E-state index in [1.54, 1.807) is 6.07 Å². The first-order chi connectivity index (χ1) is 9.15. The second-order valence-corrected chi connectivity index (χ2v) is 7.47. The second kappa shape index (κ2) is 6.31. The van der Waals surface area contributed by atoms with Crippen molar-refractivity contribution < 1.29 is 13.5 Å². The molecule has 20 heavy (non-hydrogen) atoms. The normalized spacial score (nSPS) is 13.8. The summed E-state index contributed by atoms with van der Waals surface area (Å²) in [6.07, 6.45) is 1.03. The summed E-state index contributed by atoms with van der Waals surface area (Å²) in [7, 11) is -3.85. The predicted octanol–water partition coefficient (Wildman–Crippen LogP) is 1.03. The molecule has 1 atom stereocenters. The van der Waals surface area contributed by atoms with Crippen molar-refractivity contribution in [3.8, 4) is 6.07 Å². The molecule has 0 bridgehead atoms. The van der Waals surface area contributed by atoms with E-state index in [-0.39, 0.29) is 22.5 Å². The van der Waals surface area contributed by atoms with Gasteiger partial charge in [-0.15, -0.1) is 0 Å². The molecule has 0 aliphatic heterocycles. The Bertz CT molecular complexity index is 600. The van der Waals surface area contributed by atoms with E-state index in [9.17, 15) is 13.5 Å². The zero-order chi connectivity index (χ0) is 15.4. The zero-order valence-electron chi connectivity index (χ0n) is 11.8. The molecule has 0 amide bonds. The Labute approximate surface area is 119 Å². The third-order valence-electron chi connectivity index (χ3n) is 2.52. The molecule has 1 aromatic heterocycles.